The third-order valence-corrected chi connectivity index (χ3v) is 3.11. The number of aryl methyl sites for hydroxylation is 1. The van der Waals surface area contributed by atoms with Crippen LogP contribution in [0.3, 0.4) is 0 Å². The molecule has 1 aromatic heterocycles. The molecule has 92 valence electrons. The van der Waals surface area contributed by atoms with Gasteiger partial charge in [0, 0.05) is 22.3 Å². The molecule has 1 aromatic carbocycles. The Morgan fingerprint density at radius 1 is 1.33 bits per heavy atom. The van der Waals surface area contributed by atoms with E-state index in [0.29, 0.717) is 10.9 Å². The molecule has 0 radical (unpaired) electrons. The van der Waals surface area contributed by atoms with Gasteiger partial charge in [-0.15, -0.1) is 0 Å². The summed E-state index contributed by atoms with van der Waals surface area (Å²) in [5.74, 6) is 1.27. The number of ether oxygens (including phenoxy) is 1. The molecule has 0 unspecified atom stereocenters. The summed E-state index contributed by atoms with van der Waals surface area (Å²) >= 11 is 8.27. The quantitative estimate of drug-likeness (QED) is 0.877. The minimum absolute atomic E-state index is 0.327. The molecule has 0 spiro atoms. The van der Waals surface area contributed by atoms with E-state index in [0.717, 1.165) is 21.3 Å². The fourth-order valence-corrected chi connectivity index (χ4v) is 1.84. The Balaban J connectivity index is 2.23. The topological polar surface area (TPSA) is 48.1 Å². The Kier molecular flexibility index (Phi) is 3.93. The van der Waals surface area contributed by atoms with Crippen LogP contribution in [0.2, 0.25) is 0 Å². The van der Waals surface area contributed by atoms with Gasteiger partial charge in [-0.05, 0) is 30.7 Å². The molecular formula is C13H11BrN2OS. The van der Waals surface area contributed by atoms with Crippen LogP contribution in [0, 0.1) is 6.92 Å². The van der Waals surface area contributed by atoms with E-state index < -0.39 is 0 Å². The molecule has 3 nitrogen and oxygen atoms in total. The Bertz CT molecular complexity index is 584. The highest BCUT2D eigenvalue weighted by atomic mass is 79.9. The summed E-state index contributed by atoms with van der Waals surface area (Å²) in [7, 11) is 0. The molecule has 0 amide bonds. The highest BCUT2D eigenvalue weighted by molar-refractivity contribution is 9.10. The summed E-state index contributed by atoms with van der Waals surface area (Å²) in [6.07, 6.45) is 1.60. The average molecular weight is 323 g/mol. The fraction of sp³-hybridized carbons (Fsp3) is 0.0769. The maximum Gasteiger partial charge on any atom is 0.219 e. The van der Waals surface area contributed by atoms with Crippen LogP contribution in [-0.4, -0.2) is 9.97 Å². The van der Waals surface area contributed by atoms with Crippen LogP contribution in [0.15, 0.2) is 41.0 Å². The van der Waals surface area contributed by atoms with Crippen molar-refractivity contribution in [3.63, 3.8) is 0 Å². The third-order valence-electron chi connectivity index (χ3n) is 2.39. The smallest absolute Gasteiger partial charge is 0.219 e. The zero-order valence-corrected chi connectivity index (χ0v) is 12.1. The van der Waals surface area contributed by atoms with Crippen molar-refractivity contribution >= 4 is 33.1 Å². The molecule has 0 aliphatic heterocycles. The van der Waals surface area contributed by atoms with Gasteiger partial charge in [0.05, 0.1) is 0 Å². The summed E-state index contributed by atoms with van der Waals surface area (Å²) < 4.78 is 6.66. The summed E-state index contributed by atoms with van der Waals surface area (Å²) in [4.78, 5) is 4.49. The highest BCUT2D eigenvalue weighted by Gasteiger charge is 2.04. The molecule has 0 bridgehead atoms. The first kappa shape index (κ1) is 13.0. The van der Waals surface area contributed by atoms with Gasteiger partial charge in [0.1, 0.15) is 10.7 Å². The van der Waals surface area contributed by atoms with Gasteiger partial charge in [0.15, 0.2) is 0 Å². The average Bonchev–Trinajstić information content (AvgIpc) is 2.34. The molecule has 1 heterocycles. The van der Waals surface area contributed by atoms with E-state index in [1.807, 2.05) is 25.1 Å². The Labute approximate surface area is 119 Å². The van der Waals surface area contributed by atoms with E-state index in [4.69, 9.17) is 22.7 Å². The lowest BCUT2D eigenvalue weighted by Gasteiger charge is -2.08. The first-order valence-electron chi connectivity index (χ1n) is 5.26. The minimum Gasteiger partial charge on any atom is -0.439 e. The van der Waals surface area contributed by atoms with Crippen molar-refractivity contribution in [1.29, 1.82) is 0 Å². The molecule has 0 saturated carbocycles. The Morgan fingerprint density at radius 3 is 2.72 bits per heavy atom. The fourth-order valence-electron chi connectivity index (χ4n) is 1.38. The lowest BCUT2D eigenvalue weighted by atomic mass is 10.2. The van der Waals surface area contributed by atoms with Crippen molar-refractivity contribution in [3.05, 3.63) is 52.1 Å². The van der Waals surface area contributed by atoms with E-state index in [-0.39, 0.29) is 0 Å². The molecule has 18 heavy (non-hydrogen) atoms. The second-order valence-electron chi connectivity index (χ2n) is 3.76. The van der Waals surface area contributed by atoms with Crippen molar-refractivity contribution in [2.75, 3.05) is 0 Å². The maximum atomic E-state index is 5.70. The van der Waals surface area contributed by atoms with Gasteiger partial charge < -0.3 is 10.5 Å². The molecule has 5 heteroatoms. The SMILES string of the molecule is Cc1ccc(Br)cc1Oc1ccc(C(N)=S)cn1. The number of pyridine rings is 1. The van der Waals surface area contributed by atoms with E-state index >= 15 is 0 Å². The Morgan fingerprint density at radius 2 is 2.11 bits per heavy atom. The molecular weight excluding hydrogens is 312 g/mol. The van der Waals surface area contributed by atoms with Crippen LogP contribution >= 0.6 is 28.1 Å². The number of halogens is 1. The molecule has 0 aliphatic carbocycles. The number of hydrogen-bond acceptors (Lipinski definition) is 3. The first-order valence-corrected chi connectivity index (χ1v) is 6.46. The predicted octanol–water partition coefficient (Wildman–Crippen LogP) is 3.58. The second kappa shape index (κ2) is 5.46. The van der Waals surface area contributed by atoms with Crippen molar-refractivity contribution < 1.29 is 4.74 Å². The number of hydrogen-bond donors (Lipinski definition) is 1. The van der Waals surface area contributed by atoms with Gasteiger partial charge in [-0.1, -0.05) is 34.2 Å². The van der Waals surface area contributed by atoms with E-state index in [1.165, 1.54) is 0 Å². The van der Waals surface area contributed by atoms with Gasteiger partial charge in [-0.3, -0.25) is 0 Å². The van der Waals surface area contributed by atoms with Crippen LogP contribution in [-0.2, 0) is 0 Å². The summed E-state index contributed by atoms with van der Waals surface area (Å²) in [5.41, 5.74) is 7.27. The van der Waals surface area contributed by atoms with E-state index in [9.17, 15) is 0 Å². The molecule has 2 aromatic rings. The van der Waals surface area contributed by atoms with Crippen molar-refractivity contribution in [2.24, 2.45) is 5.73 Å². The standard InChI is InChI=1S/C13H11BrN2OS/c1-8-2-4-10(14)6-11(8)17-12-5-3-9(7-16-12)13(15)18/h2-7H,1H3,(H2,15,18). The van der Waals surface area contributed by atoms with Gasteiger partial charge in [-0.2, -0.15) is 0 Å². The number of rotatable bonds is 3. The molecule has 2 N–H and O–H groups in total. The van der Waals surface area contributed by atoms with Crippen molar-refractivity contribution in [2.45, 2.75) is 6.92 Å². The van der Waals surface area contributed by atoms with Crippen molar-refractivity contribution in [1.82, 2.24) is 4.98 Å². The molecule has 2 rings (SSSR count). The van der Waals surface area contributed by atoms with E-state index in [1.54, 1.807) is 18.3 Å². The normalized spacial score (nSPS) is 10.1. The van der Waals surface area contributed by atoms with Crippen LogP contribution in [0.4, 0.5) is 0 Å². The lowest BCUT2D eigenvalue weighted by molar-refractivity contribution is 0.459. The number of thiocarbonyl (C=S) groups is 1. The predicted molar refractivity (Wildman–Crippen MR) is 79.1 cm³/mol. The number of benzene rings is 1. The maximum absolute atomic E-state index is 5.70. The van der Waals surface area contributed by atoms with E-state index in [2.05, 4.69) is 20.9 Å². The summed E-state index contributed by atoms with van der Waals surface area (Å²) in [5, 5.41) is 0. The number of nitrogens with two attached hydrogens (primary N) is 1. The Hall–Kier alpha value is -1.46. The third kappa shape index (κ3) is 3.05. The van der Waals surface area contributed by atoms with Gasteiger partial charge in [0.25, 0.3) is 0 Å². The second-order valence-corrected chi connectivity index (χ2v) is 5.12. The molecule has 0 atom stereocenters. The zero-order valence-electron chi connectivity index (χ0n) is 9.68. The monoisotopic (exact) mass is 322 g/mol. The van der Waals surface area contributed by atoms with Crippen LogP contribution in [0.1, 0.15) is 11.1 Å². The number of aromatic nitrogens is 1. The van der Waals surface area contributed by atoms with Gasteiger partial charge >= 0.3 is 0 Å². The minimum atomic E-state index is 0.327. The number of nitrogens with zero attached hydrogens (tertiary/aromatic N) is 1. The lowest BCUT2D eigenvalue weighted by Crippen LogP contribution is -2.09. The van der Waals surface area contributed by atoms with Gasteiger partial charge in [0.2, 0.25) is 5.88 Å². The highest BCUT2D eigenvalue weighted by Crippen LogP contribution is 2.27. The van der Waals surface area contributed by atoms with Crippen LogP contribution < -0.4 is 10.5 Å². The molecule has 0 aliphatic rings. The first-order chi connectivity index (χ1) is 8.56. The zero-order chi connectivity index (χ0) is 13.1. The van der Waals surface area contributed by atoms with Crippen LogP contribution in [0.25, 0.3) is 0 Å². The molecule has 0 saturated heterocycles. The summed E-state index contributed by atoms with van der Waals surface area (Å²) in [6, 6.07) is 9.37. The van der Waals surface area contributed by atoms with Gasteiger partial charge in [-0.25, -0.2) is 4.98 Å². The summed E-state index contributed by atoms with van der Waals surface area (Å²) in [6.45, 7) is 1.98. The van der Waals surface area contributed by atoms with Crippen LogP contribution in [0.5, 0.6) is 11.6 Å². The largest absolute Gasteiger partial charge is 0.439 e. The molecule has 0 fully saturated rings. The van der Waals surface area contributed by atoms with Crippen molar-refractivity contribution in [3.8, 4) is 11.6 Å².